The number of halogens is 2. The van der Waals surface area contributed by atoms with E-state index in [1.165, 1.54) is 19.2 Å². The molecule has 0 aliphatic rings. The Labute approximate surface area is 92.4 Å². The van der Waals surface area contributed by atoms with Crippen LogP contribution in [0.25, 0.3) is 0 Å². The van der Waals surface area contributed by atoms with E-state index in [2.05, 4.69) is 10.1 Å². The molecule has 1 N–H and O–H groups in total. The maximum atomic E-state index is 13.4. The van der Waals surface area contributed by atoms with Gasteiger partial charge in [-0.25, -0.2) is 13.6 Å². The van der Waals surface area contributed by atoms with Crippen molar-refractivity contribution in [2.45, 2.75) is 13.0 Å². The molecule has 0 aliphatic heterocycles. The highest BCUT2D eigenvalue weighted by Gasteiger charge is 2.24. The second-order valence-electron chi connectivity index (χ2n) is 3.16. The number of ether oxygens (including phenoxy) is 1. The van der Waals surface area contributed by atoms with E-state index in [1.54, 1.807) is 6.92 Å². The molecule has 1 aromatic carbocycles. The van der Waals surface area contributed by atoms with Gasteiger partial charge in [0.05, 0.1) is 7.11 Å². The van der Waals surface area contributed by atoms with E-state index in [-0.39, 0.29) is 5.56 Å². The zero-order chi connectivity index (χ0) is 12.1. The maximum Gasteiger partial charge on any atom is 0.327 e. The predicted molar refractivity (Wildman–Crippen MR) is 54.8 cm³/mol. The first-order valence-corrected chi connectivity index (χ1v) is 4.87. The van der Waals surface area contributed by atoms with Gasteiger partial charge in [0.25, 0.3) is 0 Å². The molecular formula is C11H13F2NO2. The summed E-state index contributed by atoms with van der Waals surface area (Å²) in [6, 6.07) is 2.72. The first-order chi connectivity index (χ1) is 7.61. The summed E-state index contributed by atoms with van der Waals surface area (Å²) in [6.45, 7) is 2.20. The van der Waals surface area contributed by atoms with Crippen molar-refractivity contribution in [1.29, 1.82) is 0 Å². The Kier molecular flexibility index (Phi) is 4.37. The van der Waals surface area contributed by atoms with Crippen molar-refractivity contribution in [3.05, 3.63) is 35.4 Å². The third-order valence-electron chi connectivity index (χ3n) is 2.14. The van der Waals surface area contributed by atoms with Gasteiger partial charge in [0.1, 0.15) is 6.04 Å². The van der Waals surface area contributed by atoms with Gasteiger partial charge in [0.15, 0.2) is 11.6 Å². The van der Waals surface area contributed by atoms with Gasteiger partial charge >= 0.3 is 5.97 Å². The Morgan fingerprint density at radius 1 is 1.50 bits per heavy atom. The van der Waals surface area contributed by atoms with E-state index in [1.807, 2.05) is 0 Å². The Bertz CT molecular complexity index is 382. The molecule has 1 unspecified atom stereocenters. The van der Waals surface area contributed by atoms with Crippen molar-refractivity contribution in [3.8, 4) is 0 Å². The quantitative estimate of drug-likeness (QED) is 0.800. The second kappa shape index (κ2) is 5.55. The third-order valence-corrected chi connectivity index (χ3v) is 2.14. The number of carbonyl (C=O) groups excluding carboxylic acids is 1. The van der Waals surface area contributed by atoms with Crippen LogP contribution in [0, 0.1) is 11.6 Å². The van der Waals surface area contributed by atoms with E-state index in [0.717, 1.165) is 6.07 Å². The SMILES string of the molecule is CCNC(C(=O)OC)c1cccc(F)c1F. The molecule has 5 heteroatoms. The van der Waals surface area contributed by atoms with Crippen LogP contribution in [0.4, 0.5) is 8.78 Å². The lowest BCUT2D eigenvalue weighted by molar-refractivity contribution is -0.143. The summed E-state index contributed by atoms with van der Waals surface area (Å²) in [5.74, 6) is -2.66. The molecule has 1 aromatic rings. The highest BCUT2D eigenvalue weighted by atomic mass is 19.2. The molecule has 1 rings (SSSR count). The Morgan fingerprint density at radius 2 is 2.19 bits per heavy atom. The average Bonchev–Trinajstić information content (AvgIpc) is 2.29. The number of hydrogen-bond donors (Lipinski definition) is 1. The Hall–Kier alpha value is -1.49. The molecule has 0 amide bonds. The summed E-state index contributed by atoms with van der Waals surface area (Å²) in [5.41, 5.74) is -0.0475. The van der Waals surface area contributed by atoms with Gasteiger partial charge in [-0.15, -0.1) is 0 Å². The maximum absolute atomic E-state index is 13.4. The molecule has 0 fully saturated rings. The highest BCUT2D eigenvalue weighted by molar-refractivity contribution is 5.77. The number of carbonyl (C=O) groups is 1. The summed E-state index contributed by atoms with van der Waals surface area (Å²) in [4.78, 5) is 11.4. The number of benzene rings is 1. The summed E-state index contributed by atoms with van der Waals surface area (Å²) in [5, 5.41) is 2.74. The lowest BCUT2D eigenvalue weighted by Crippen LogP contribution is -2.30. The molecule has 0 saturated carbocycles. The van der Waals surface area contributed by atoms with E-state index < -0.39 is 23.6 Å². The lowest BCUT2D eigenvalue weighted by Gasteiger charge is -2.16. The third kappa shape index (κ3) is 2.55. The second-order valence-corrected chi connectivity index (χ2v) is 3.16. The highest BCUT2D eigenvalue weighted by Crippen LogP contribution is 2.20. The molecule has 0 radical (unpaired) electrons. The number of esters is 1. The summed E-state index contributed by atoms with van der Waals surface area (Å²) in [7, 11) is 1.20. The fraction of sp³-hybridized carbons (Fsp3) is 0.364. The van der Waals surface area contributed by atoms with E-state index in [4.69, 9.17) is 0 Å². The van der Waals surface area contributed by atoms with E-state index >= 15 is 0 Å². The standard InChI is InChI=1S/C11H13F2NO2/c1-3-14-10(11(15)16-2)7-5-4-6-8(12)9(7)13/h4-6,10,14H,3H2,1-2H3. The van der Waals surface area contributed by atoms with Crippen molar-refractivity contribution < 1.29 is 18.3 Å². The minimum Gasteiger partial charge on any atom is -0.468 e. The van der Waals surface area contributed by atoms with Gasteiger partial charge < -0.3 is 10.1 Å². The zero-order valence-electron chi connectivity index (χ0n) is 9.09. The van der Waals surface area contributed by atoms with Gasteiger partial charge in [-0.05, 0) is 12.6 Å². The van der Waals surface area contributed by atoms with Gasteiger partial charge in [0.2, 0.25) is 0 Å². The molecular weight excluding hydrogens is 216 g/mol. The topological polar surface area (TPSA) is 38.3 Å². The fourth-order valence-electron chi connectivity index (χ4n) is 1.39. The summed E-state index contributed by atoms with van der Waals surface area (Å²) < 4.78 is 31.0. The number of nitrogens with one attached hydrogen (secondary N) is 1. The van der Waals surface area contributed by atoms with Gasteiger partial charge in [-0.3, -0.25) is 0 Å². The van der Waals surface area contributed by atoms with Crippen molar-refractivity contribution in [3.63, 3.8) is 0 Å². The van der Waals surface area contributed by atoms with Crippen LogP contribution in [-0.4, -0.2) is 19.6 Å². The molecule has 0 bridgehead atoms. The van der Waals surface area contributed by atoms with Crippen molar-refractivity contribution >= 4 is 5.97 Å². The van der Waals surface area contributed by atoms with Crippen molar-refractivity contribution in [2.24, 2.45) is 0 Å². The molecule has 0 aliphatic carbocycles. The van der Waals surface area contributed by atoms with E-state index in [9.17, 15) is 13.6 Å². The number of likely N-dealkylation sites (N-methyl/N-ethyl adjacent to an activating group) is 1. The van der Waals surface area contributed by atoms with Crippen LogP contribution in [0.3, 0.4) is 0 Å². The number of hydrogen-bond acceptors (Lipinski definition) is 3. The fourth-order valence-corrected chi connectivity index (χ4v) is 1.39. The predicted octanol–water partition coefficient (Wildman–Crippen LogP) is 1.79. The zero-order valence-corrected chi connectivity index (χ0v) is 9.09. The smallest absolute Gasteiger partial charge is 0.327 e. The monoisotopic (exact) mass is 229 g/mol. The van der Waals surface area contributed by atoms with Gasteiger partial charge in [0, 0.05) is 5.56 Å². The van der Waals surface area contributed by atoms with Crippen molar-refractivity contribution in [2.75, 3.05) is 13.7 Å². The van der Waals surface area contributed by atoms with Crippen LogP contribution >= 0.6 is 0 Å². The minimum atomic E-state index is -1.03. The first kappa shape index (κ1) is 12.6. The van der Waals surface area contributed by atoms with Crippen LogP contribution in [0.5, 0.6) is 0 Å². The summed E-state index contributed by atoms with van der Waals surface area (Å²) in [6.07, 6.45) is 0. The summed E-state index contributed by atoms with van der Waals surface area (Å²) >= 11 is 0. The lowest BCUT2D eigenvalue weighted by atomic mass is 10.1. The molecule has 0 saturated heterocycles. The van der Waals surface area contributed by atoms with Gasteiger partial charge in [-0.2, -0.15) is 0 Å². The Morgan fingerprint density at radius 3 is 2.75 bits per heavy atom. The molecule has 1 atom stereocenters. The molecule has 88 valence electrons. The largest absolute Gasteiger partial charge is 0.468 e. The van der Waals surface area contributed by atoms with Crippen LogP contribution < -0.4 is 5.32 Å². The number of methoxy groups -OCH3 is 1. The molecule has 0 heterocycles. The minimum absolute atomic E-state index is 0.0475. The van der Waals surface area contributed by atoms with Gasteiger partial charge in [-0.1, -0.05) is 19.1 Å². The average molecular weight is 229 g/mol. The Balaban J connectivity index is 3.10. The van der Waals surface area contributed by atoms with Crippen LogP contribution in [0.15, 0.2) is 18.2 Å². The van der Waals surface area contributed by atoms with Crippen LogP contribution in [-0.2, 0) is 9.53 Å². The van der Waals surface area contributed by atoms with E-state index in [0.29, 0.717) is 6.54 Å². The molecule has 3 nitrogen and oxygen atoms in total. The molecule has 0 spiro atoms. The first-order valence-electron chi connectivity index (χ1n) is 4.87. The van der Waals surface area contributed by atoms with Crippen LogP contribution in [0.2, 0.25) is 0 Å². The normalized spacial score (nSPS) is 12.2. The van der Waals surface area contributed by atoms with Crippen LogP contribution in [0.1, 0.15) is 18.5 Å². The molecule has 16 heavy (non-hydrogen) atoms. The number of rotatable bonds is 4. The van der Waals surface area contributed by atoms with Crippen molar-refractivity contribution in [1.82, 2.24) is 5.32 Å². The molecule has 0 aromatic heterocycles.